The van der Waals surface area contributed by atoms with Crippen LogP contribution in [0.15, 0.2) is 24.3 Å². The SMILES string of the molecule is CCCC[C@H](CC)CNC(=S)Nc1ccc(C(=O)NCC(=O)OC)cc1. The molecule has 26 heavy (non-hydrogen) atoms. The van der Waals surface area contributed by atoms with E-state index >= 15 is 0 Å². The fourth-order valence-corrected chi connectivity index (χ4v) is 2.59. The number of carbonyl (C=O) groups excluding carboxylic acids is 2. The minimum atomic E-state index is -0.489. The molecule has 6 nitrogen and oxygen atoms in total. The lowest BCUT2D eigenvalue weighted by Gasteiger charge is -2.17. The summed E-state index contributed by atoms with van der Waals surface area (Å²) < 4.78 is 4.48. The summed E-state index contributed by atoms with van der Waals surface area (Å²) in [6, 6.07) is 6.89. The maximum absolute atomic E-state index is 11.9. The Hall–Kier alpha value is -2.15. The second-order valence-corrected chi connectivity index (χ2v) is 6.50. The van der Waals surface area contributed by atoms with Crippen molar-refractivity contribution in [3.8, 4) is 0 Å². The zero-order valence-electron chi connectivity index (χ0n) is 15.8. The number of hydrogen-bond acceptors (Lipinski definition) is 4. The predicted octanol–water partition coefficient (Wildman–Crippen LogP) is 3.09. The van der Waals surface area contributed by atoms with Crippen LogP contribution in [0.3, 0.4) is 0 Å². The Kier molecular flexibility index (Phi) is 10.3. The highest BCUT2D eigenvalue weighted by Crippen LogP contribution is 2.12. The van der Waals surface area contributed by atoms with Crippen LogP contribution in [-0.4, -0.2) is 37.2 Å². The van der Waals surface area contributed by atoms with E-state index in [0.29, 0.717) is 16.6 Å². The van der Waals surface area contributed by atoms with Crippen LogP contribution in [-0.2, 0) is 9.53 Å². The molecule has 0 aliphatic carbocycles. The molecular formula is C19H29N3O3S. The monoisotopic (exact) mass is 379 g/mol. The summed E-state index contributed by atoms with van der Waals surface area (Å²) in [7, 11) is 1.28. The molecule has 1 rings (SSSR count). The fraction of sp³-hybridized carbons (Fsp3) is 0.526. The molecule has 3 N–H and O–H groups in total. The number of amides is 1. The van der Waals surface area contributed by atoms with Crippen LogP contribution < -0.4 is 16.0 Å². The predicted molar refractivity (Wildman–Crippen MR) is 108 cm³/mol. The van der Waals surface area contributed by atoms with Crippen LogP contribution >= 0.6 is 12.2 Å². The molecule has 0 heterocycles. The number of rotatable bonds is 10. The quantitative estimate of drug-likeness (QED) is 0.428. The molecule has 0 spiro atoms. The Morgan fingerprint density at radius 3 is 2.42 bits per heavy atom. The number of ether oxygens (including phenoxy) is 1. The van der Waals surface area contributed by atoms with Crippen molar-refractivity contribution < 1.29 is 14.3 Å². The average molecular weight is 380 g/mol. The van der Waals surface area contributed by atoms with Crippen LogP contribution in [0.1, 0.15) is 49.9 Å². The zero-order valence-corrected chi connectivity index (χ0v) is 16.6. The van der Waals surface area contributed by atoms with Crippen molar-refractivity contribution in [1.82, 2.24) is 10.6 Å². The smallest absolute Gasteiger partial charge is 0.325 e. The molecule has 0 saturated heterocycles. The van der Waals surface area contributed by atoms with Gasteiger partial charge in [0.1, 0.15) is 6.54 Å². The van der Waals surface area contributed by atoms with Gasteiger partial charge in [0.05, 0.1) is 7.11 Å². The number of unbranched alkanes of at least 4 members (excludes halogenated alkanes) is 1. The van der Waals surface area contributed by atoms with Crippen molar-refractivity contribution >= 4 is 34.9 Å². The molecule has 1 aromatic rings. The molecule has 0 fully saturated rings. The maximum atomic E-state index is 11.9. The molecule has 144 valence electrons. The molecule has 0 bridgehead atoms. The lowest BCUT2D eigenvalue weighted by atomic mass is 9.99. The average Bonchev–Trinajstić information content (AvgIpc) is 2.66. The third kappa shape index (κ3) is 8.29. The van der Waals surface area contributed by atoms with E-state index in [9.17, 15) is 9.59 Å². The molecule has 0 radical (unpaired) electrons. The number of carbonyl (C=O) groups is 2. The van der Waals surface area contributed by atoms with Gasteiger partial charge >= 0.3 is 5.97 Å². The van der Waals surface area contributed by atoms with Gasteiger partial charge in [0.2, 0.25) is 0 Å². The van der Waals surface area contributed by atoms with Crippen LogP contribution in [0.25, 0.3) is 0 Å². The van der Waals surface area contributed by atoms with Gasteiger partial charge in [0.25, 0.3) is 5.91 Å². The summed E-state index contributed by atoms with van der Waals surface area (Å²) in [6.45, 7) is 5.10. The molecule has 1 aromatic carbocycles. The third-order valence-corrected chi connectivity index (χ3v) is 4.37. The van der Waals surface area contributed by atoms with E-state index in [-0.39, 0.29) is 12.5 Å². The lowest BCUT2D eigenvalue weighted by Crippen LogP contribution is -2.32. The first-order valence-electron chi connectivity index (χ1n) is 9.00. The summed E-state index contributed by atoms with van der Waals surface area (Å²) in [5.74, 6) is -0.197. The topological polar surface area (TPSA) is 79.5 Å². The van der Waals surface area contributed by atoms with E-state index in [1.807, 2.05) is 0 Å². The molecule has 0 aliphatic rings. The van der Waals surface area contributed by atoms with Gasteiger partial charge in [-0.05, 0) is 48.8 Å². The molecular weight excluding hydrogens is 350 g/mol. The maximum Gasteiger partial charge on any atom is 0.325 e. The summed E-state index contributed by atoms with van der Waals surface area (Å²) in [5.41, 5.74) is 1.26. The van der Waals surface area contributed by atoms with Gasteiger partial charge in [-0.25, -0.2) is 0 Å². The highest BCUT2D eigenvalue weighted by Gasteiger charge is 2.09. The van der Waals surface area contributed by atoms with E-state index in [1.54, 1.807) is 24.3 Å². The van der Waals surface area contributed by atoms with Crippen molar-refractivity contribution in [2.75, 3.05) is 25.5 Å². The van der Waals surface area contributed by atoms with Crippen molar-refractivity contribution in [3.05, 3.63) is 29.8 Å². The molecule has 1 amide bonds. The van der Waals surface area contributed by atoms with Crippen molar-refractivity contribution in [2.45, 2.75) is 39.5 Å². The Bertz CT molecular complexity index is 590. The number of esters is 1. The Balaban J connectivity index is 2.44. The highest BCUT2D eigenvalue weighted by molar-refractivity contribution is 7.80. The summed E-state index contributed by atoms with van der Waals surface area (Å²) in [5, 5.41) is 9.44. The first-order chi connectivity index (χ1) is 12.5. The summed E-state index contributed by atoms with van der Waals surface area (Å²) in [6.07, 6.45) is 4.78. The molecule has 1 atom stereocenters. The molecule has 0 aliphatic heterocycles. The fourth-order valence-electron chi connectivity index (χ4n) is 2.39. The van der Waals surface area contributed by atoms with Crippen LogP contribution in [0, 0.1) is 5.92 Å². The van der Waals surface area contributed by atoms with E-state index in [4.69, 9.17) is 12.2 Å². The number of anilines is 1. The van der Waals surface area contributed by atoms with Gasteiger partial charge in [-0.15, -0.1) is 0 Å². The Morgan fingerprint density at radius 2 is 1.85 bits per heavy atom. The summed E-state index contributed by atoms with van der Waals surface area (Å²) >= 11 is 5.33. The third-order valence-electron chi connectivity index (χ3n) is 4.12. The van der Waals surface area contributed by atoms with Crippen LogP contribution in [0.2, 0.25) is 0 Å². The van der Waals surface area contributed by atoms with E-state index in [0.717, 1.165) is 18.7 Å². The van der Waals surface area contributed by atoms with Gasteiger partial charge in [0.15, 0.2) is 5.11 Å². The van der Waals surface area contributed by atoms with Gasteiger partial charge in [-0.1, -0.05) is 33.1 Å². The van der Waals surface area contributed by atoms with E-state index in [2.05, 4.69) is 34.5 Å². The second kappa shape index (κ2) is 12.2. The molecule has 7 heteroatoms. The first-order valence-corrected chi connectivity index (χ1v) is 9.40. The number of thiocarbonyl (C=S) groups is 1. The summed E-state index contributed by atoms with van der Waals surface area (Å²) in [4.78, 5) is 23.0. The van der Waals surface area contributed by atoms with Crippen molar-refractivity contribution in [3.63, 3.8) is 0 Å². The van der Waals surface area contributed by atoms with E-state index < -0.39 is 5.97 Å². The second-order valence-electron chi connectivity index (χ2n) is 6.09. The number of methoxy groups -OCH3 is 1. The van der Waals surface area contributed by atoms with Gasteiger partial charge in [-0.2, -0.15) is 0 Å². The van der Waals surface area contributed by atoms with Crippen molar-refractivity contribution in [2.24, 2.45) is 5.92 Å². The van der Waals surface area contributed by atoms with Gasteiger partial charge in [-0.3, -0.25) is 9.59 Å². The van der Waals surface area contributed by atoms with Gasteiger partial charge in [0, 0.05) is 17.8 Å². The Labute approximate surface area is 161 Å². The highest BCUT2D eigenvalue weighted by atomic mass is 32.1. The van der Waals surface area contributed by atoms with Crippen LogP contribution in [0.4, 0.5) is 5.69 Å². The Morgan fingerprint density at radius 1 is 1.15 bits per heavy atom. The van der Waals surface area contributed by atoms with Crippen molar-refractivity contribution in [1.29, 1.82) is 0 Å². The number of benzene rings is 1. The normalized spacial score (nSPS) is 11.3. The molecule has 0 saturated carbocycles. The largest absolute Gasteiger partial charge is 0.468 e. The van der Waals surface area contributed by atoms with E-state index in [1.165, 1.54) is 26.4 Å². The van der Waals surface area contributed by atoms with Crippen LogP contribution in [0.5, 0.6) is 0 Å². The standard InChI is InChI=1S/C19H29N3O3S/c1-4-6-7-14(5-2)12-21-19(26)22-16-10-8-15(9-11-16)18(24)20-13-17(23)25-3/h8-11,14H,4-7,12-13H2,1-3H3,(H,20,24)(H2,21,22,26)/t14-/m0/s1. The first kappa shape index (κ1) is 21.9. The minimum Gasteiger partial charge on any atom is -0.468 e. The number of hydrogen-bond donors (Lipinski definition) is 3. The molecule has 0 unspecified atom stereocenters. The molecule has 0 aromatic heterocycles. The van der Waals surface area contributed by atoms with Gasteiger partial charge < -0.3 is 20.7 Å². The minimum absolute atomic E-state index is 0.153. The zero-order chi connectivity index (χ0) is 19.4. The number of nitrogens with one attached hydrogen (secondary N) is 3. The lowest BCUT2D eigenvalue weighted by molar-refractivity contribution is -0.139.